The van der Waals surface area contributed by atoms with E-state index >= 15 is 0 Å². The number of rotatable bonds is 0. The average Bonchev–Trinajstić information content (AvgIpc) is 1.82. The van der Waals surface area contributed by atoms with Crippen molar-refractivity contribution >= 4 is 25.3 Å². The maximum atomic E-state index is 11.0. The first-order valence-corrected chi connectivity index (χ1v) is 3.59. The lowest BCUT2D eigenvalue weighted by Gasteiger charge is -1.98. The molecule has 0 fully saturated rings. The van der Waals surface area contributed by atoms with Gasteiger partial charge >= 0.3 is 0 Å². The summed E-state index contributed by atoms with van der Waals surface area (Å²) in [7, 11) is 1.67. The lowest BCUT2D eigenvalue weighted by atomic mass is 10.5. The standard InChI is InChI=1S/C6H7NOS2/c1-7-3-4(9)2-5(10)6(7)8/h2-3,9-10H,1H3. The average molecular weight is 173 g/mol. The molecule has 1 aromatic heterocycles. The van der Waals surface area contributed by atoms with Gasteiger partial charge in [-0.2, -0.15) is 0 Å². The van der Waals surface area contributed by atoms with E-state index in [1.807, 2.05) is 0 Å². The van der Waals surface area contributed by atoms with Crippen LogP contribution in [0.4, 0.5) is 0 Å². The van der Waals surface area contributed by atoms with Crippen LogP contribution in [0.15, 0.2) is 26.8 Å². The second-order valence-corrected chi connectivity index (χ2v) is 3.00. The minimum atomic E-state index is -0.0962. The zero-order chi connectivity index (χ0) is 7.72. The van der Waals surface area contributed by atoms with Crippen molar-refractivity contribution in [3.63, 3.8) is 0 Å². The van der Waals surface area contributed by atoms with Crippen LogP contribution in [0.2, 0.25) is 0 Å². The molecule has 0 bridgehead atoms. The molecule has 0 atom stereocenters. The second kappa shape index (κ2) is 2.72. The molecule has 0 radical (unpaired) electrons. The van der Waals surface area contributed by atoms with Crippen molar-refractivity contribution in [1.82, 2.24) is 4.57 Å². The Kier molecular flexibility index (Phi) is 2.11. The van der Waals surface area contributed by atoms with Gasteiger partial charge in [0.2, 0.25) is 0 Å². The van der Waals surface area contributed by atoms with E-state index in [0.29, 0.717) is 4.90 Å². The molecular formula is C6H7NOS2. The molecule has 4 heteroatoms. The molecule has 10 heavy (non-hydrogen) atoms. The fraction of sp³-hybridized carbons (Fsp3) is 0.167. The van der Waals surface area contributed by atoms with Crippen molar-refractivity contribution in [2.24, 2.45) is 7.05 Å². The second-order valence-electron chi connectivity index (χ2n) is 2.00. The molecule has 54 valence electrons. The summed E-state index contributed by atoms with van der Waals surface area (Å²) in [6.45, 7) is 0. The van der Waals surface area contributed by atoms with Gasteiger partial charge in [0.15, 0.2) is 0 Å². The number of hydrogen-bond acceptors (Lipinski definition) is 3. The molecule has 1 rings (SSSR count). The number of nitrogens with zero attached hydrogens (tertiary/aromatic N) is 1. The van der Waals surface area contributed by atoms with Crippen molar-refractivity contribution < 1.29 is 0 Å². The maximum Gasteiger partial charge on any atom is 0.263 e. The summed E-state index contributed by atoms with van der Waals surface area (Å²) in [5, 5.41) is 0. The smallest absolute Gasteiger partial charge is 0.263 e. The van der Waals surface area contributed by atoms with Crippen LogP contribution in [0.1, 0.15) is 0 Å². The van der Waals surface area contributed by atoms with Crippen LogP contribution in [-0.4, -0.2) is 4.57 Å². The predicted molar refractivity (Wildman–Crippen MR) is 46.2 cm³/mol. The van der Waals surface area contributed by atoms with Crippen molar-refractivity contribution in [2.45, 2.75) is 9.79 Å². The topological polar surface area (TPSA) is 22.0 Å². The van der Waals surface area contributed by atoms with E-state index in [2.05, 4.69) is 25.3 Å². The molecule has 0 aliphatic carbocycles. The van der Waals surface area contributed by atoms with E-state index in [1.165, 1.54) is 4.57 Å². The Hall–Kier alpha value is -0.350. The van der Waals surface area contributed by atoms with Crippen molar-refractivity contribution in [1.29, 1.82) is 0 Å². The third-order valence-electron chi connectivity index (χ3n) is 1.15. The zero-order valence-electron chi connectivity index (χ0n) is 5.40. The minimum Gasteiger partial charge on any atom is -0.317 e. The van der Waals surface area contributed by atoms with Crippen LogP contribution in [0.5, 0.6) is 0 Å². The molecule has 0 aliphatic heterocycles. The van der Waals surface area contributed by atoms with Crippen LogP contribution in [0.3, 0.4) is 0 Å². The van der Waals surface area contributed by atoms with E-state index < -0.39 is 0 Å². The van der Waals surface area contributed by atoms with Crippen LogP contribution in [-0.2, 0) is 7.05 Å². The predicted octanol–water partition coefficient (Wildman–Crippen LogP) is 0.963. The highest BCUT2D eigenvalue weighted by Gasteiger charge is 1.96. The summed E-state index contributed by atoms with van der Waals surface area (Å²) in [5.41, 5.74) is -0.0962. The van der Waals surface area contributed by atoms with Crippen LogP contribution in [0, 0.1) is 0 Å². The van der Waals surface area contributed by atoms with Gasteiger partial charge in [-0.05, 0) is 6.07 Å². The monoisotopic (exact) mass is 173 g/mol. The molecule has 1 aromatic rings. The molecule has 0 unspecified atom stereocenters. The maximum absolute atomic E-state index is 11.0. The summed E-state index contributed by atoms with van der Waals surface area (Å²) < 4.78 is 1.45. The van der Waals surface area contributed by atoms with Gasteiger partial charge < -0.3 is 4.57 Å². The number of pyridine rings is 1. The van der Waals surface area contributed by atoms with Crippen molar-refractivity contribution in [3.8, 4) is 0 Å². The fourth-order valence-corrected chi connectivity index (χ4v) is 1.38. The number of thiol groups is 2. The number of aryl methyl sites for hydroxylation is 1. The summed E-state index contributed by atoms with van der Waals surface area (Å²) >= 11 is 8.02. The molecule has 0 aliphatic rings. The van der Waals surface area contributed by atoms with E-state index in [1.54, 1.807) is 19.3 Å². The molecule has 0 aromatic carbocycles. The highest BCUT2D eigenvalue weighted by atomic mass is 32.1. The summed E-state index contributed by atoms with van der Waals surface area (Å²) in [4.78, 5) is 12.1. The Morgan fingerprint density at radius 3 is 2.60 bits per heavy atom. The lowest BCUT2D eigenvalue weighted by Crippen LogP contribution is -2.16. The highest BCUT2D eigenvalue weighted by molar-refractivity contribution is 7.81. The molecule has 2 nitrogen and oxygen atoms in total. The van der Waals surface area contributed by atoms with Gasteiger partial charge in [0, 0.05) is 18.1 Å². The third kappa shape index (κ3) is 1.38. The van der Waals surface area contributed by atoms with Gasteiger partial charge in [0.05, 0.1) is 4.90 Å². The first-order chi connectivity index (χ1) is 4.61. The first kappa shape index (κ1) is 7.75. The van der Waals surface area contributed by atoms with E-state index in [-0.39, 0.29) is 5.56 Å². The normalized spacial score (nSPS) is 9.90. The molecule has 0 amide bonds. The largest absolute Gasteiger partial charge is 0.317 e. The van der Waals surface area contributed by atoms with Gasteiger partial charge in [-0.25, -0.2) is 0 Å². The van der Waals surface area contributed by atoms with Crippen LogP contribution >= 0.6 is 25.3 Å². The lowest BCUT2D eigenvalue weighted by molar-refractivity contribution is 0.812. The van der Waals surface area contributed by atoms with E-state index in [9.17, 15) is 4.79 Å². The number of hydrogen-bond donors (Lipinski definition) is 2. The van der Waals surface area contributed by atoms with Gasteiger partial charge in [-0.1, -0.05) is 0 Å². The summed E-state index contributed by atoms with van der Waals surface area (Å²) in [6, 6.07) is 1.62. The summed E-state index contributed by atoms with van der Waals surface area (Å²) in [6.07, 6.45) is 1.64. The van der Waals surface area contributed by atoms with Crippen molar-refractivity contribution in [2.75, 3.05) is 0 Å². The molecule has 0 saturated heterocycles. The van der Waals surface area contributed by atoms with Gasteiger partial charge in [0.25, 0.3) is 5.56 Å². The van der Waals surface area contributed by atoms with Crippen molar-refractivity contribution in [3.05, 3.63) is 22.6 Å². The zero-order valence-corrected chi connectivity index (χ0v) is 7.19. The SMILES string of the molecule is Cn1cc(S)cc(S)c1=O. The molecule has 1 heterocycles. The van der Waals surface area contributed by atoms with E-state index in [0.717, 1.165) is 4.90 Å². The fourth-order valence-electron chi connectivity index (χ4n) is 0.677. The minimum absolute atomic E-state index is 0.0962. The Balaban J connectivity index is 3.46. The first-order valence-electron chi connectivity index (χ1n) is 2.70. The van der Waals surface area contributed by atoms with Gasteiger partial charge in [-0.3, -0.25) is 4.79 Å². The Labute approximate surface area is 69.7 Å². The molecule has 0 spiro atoms. The van der Waals surface area contributed by atoms with E-state index in [4.69, 9.17) is 0 Å². The Bertz CT molecular complexity index is 279. The van der Waals surface area contributed by atoms with Crippen LogP contribution in [0.25, 0.3) is 0 Å². The molecular weight excluding hydrogens is 166 g/mol. The Morgan fingerprint density at radius 1 is 1.50 bits per heavy atom. The third-order valence-corrected chi connectivity index (χ3v) is 1.71. The van der Waals surface area contributed by atoms with Crippen LogP contribution < -0.4 is 5.56 Å². The Morgan fingerprint density at radius 2 is 2.10 bits per heavy atom. The molecule has 0 N–H and O–H groups in total. The highest BCUT2D eigenvalue weighted by Crippen LogP contribution is 2.06. The quantitative estimate of drug-likeness (QED) is 0.561. The molecule has 0 saturated carbocycles. The van der Waals surface area contributed by atoms with Gasteiger partial charge in [0.1, 0.15) is 0 Å². The summed E-state index contributed by atoms with van der Waals surface area (Å²) in [5.74, 6) is 0. The van der Waals surface area contributed by atoms with Gasteiger partial charge in [-0.15, -0.1) is 25.3 Å². The number of aromatic nitrogens is 1.